The lowest BCUT2D eigenvalue weighted by molar-refractivity contribution is 0.0713. The molecule has 162 valence electrons. The Morgan fingerprint density at radius 2 is 1.75 bits per heavy atom. The molecule has 5 heteroatoms. The number of aromatic nitrogens is 1. The number of hydrogen-bond acceptors (Lipinski definition) is 4. The van der Waals surface area contributed by atoms with Gasteiger partial charge in [-0.2, -0.15) is 0 Å². The number of aryl methyl sites for hydroxylation is 1. The summed E-state index contributed by atoms with van der Waals surface area (Å²) < 4.78 is 1.06. The lowest BCUT2D eigenvalue weighted by atomic mass is 9.89. The highest BCUT2D eigenvalue weighted by molar-refractivity contribution is 7.18. The third-order valence-electron chi connectivity index (χ3n) is 6.36. The van der Waals surface area contributed by atoms with Crippen molar-refractivity contribution in [2.75, 3.05) is 18.4 Å². The average Bonchev–Trinajstić information content (AvgIpc) is 3.24. The molecule has 5 rings (SSSR count). The molecule has 0 spiro atoms. The van der Waals surface area contributed by atoms with Gasteiger partial charge in [-0.1, -0.05) is 60.7 Å². The van der Waals surface area contributed by atoms with Gasteiger partial charge in [0, 0.05) is 25.8 Å². The van der Waals surface area contributed by atoms with E-state index in [0.717, 1.165) is 47.4 Å². The minimum Gasteiger partial charge on any atom is -0.379 e. The zero-order valence-corrected chi connectivity index (χ0v) is 19.1. The second-order valence-electron chi connectivity index (χ2n) is 8.46. The molecule has 3 heterocycles. The van der Waals surface area contributed by atoms with Crippen molar-refractivity contribution in [1.29, 1.82) is 0 Å². The van der Waals surface area contributed by atoms with Crippen molar-refractivity contribution in [2.45, 2.75) is 32.2 Å². The molecule has 1 amide bonds. The van der Waals surface area contributed by atoms with Crippen LogP contribution in [0, 0.1) is 6.92 Å². The molecule has 1 N–H and O–H groups in total. The molecule has 2 aromatic carbocycles. The number of thiophene rings is 1. The van der Waals surface area contributed by atoms with Crippen LogP contribution < -0.4 is 5.32 Å². The molecule has 0 aliphatic carbocycles. The fourth-order valence-electron chi connectivity index (χ4n) is 4.53. The Morgan fingerprint density at radius 3 is 2.47 bits per heavy atom. The number of likely N-dealkylation sites (tertiary alicyclic amines) is 1. The van der Waals surface area contributed by atoms with Gasteiger partial charge in [-0.15, -0.1) is 11.3 Å². The summed E-state index contributed by atoms with van der Waals surface area (Å²) in [6.45, 7) is 4.30. The standard InChI is InChI=1S/C27H27N3OS/c1-19-18-32-26-24(19)29-17-23(25(26)28-16-20-8-4-2-5-9-20)27(31)30-14-12-22(13-15-30)21-10-6-3-7-11-21/h2-11,17-18,22H,12-16H2,1H3,(H,28,29). The number of pyridine rings is 1. The third-order valence-corrected chi connectivity index (χ3v) is 7.46. The van der Waals surface area contributed by atoms with Crippen LogP contribution in [0.2, 0.25) is 0 Å². The van der Waals surface area contributed by atoms with Crippen LogP contribution in [0.15, 0.2) is 72.2 Å². The quantitative estimate of drug-likeness (QED) is 0.399. The Balaban J connectivity index is 1.39. The van der Waals surface area contributed by atoms with Crippen LogP contribution >= 0.6 is 11.3 Å². The molecule has 0 saturated carbocycles. The van der Waals surface area contributed by atoms with Crippen molar-refractivity contribution in [3.8, 4) is 0 Å². The van der Waals surface area contributed by atoms with Gasteiger partial charge in [0.05, 0.1) is 21.5 Å². The van der Waals surface area contributed by atoms with E-state index < -0.39 is 0 Å². The molecule has 1 aliphatic rings. The predicted octanol–water partition coefficient (Wildman–Crippen LogP) is 6.24. The van der Waals surface area contributed by atoms with Crippen molar-refractivity contribution in [3.63, 3.8) is 0 Å². The van der Waals surface area contributed by atoms with Crippen LogP contribution in [0.4, 0.5) is 5.69 Å². The molecule has 0 atom stereocenters. The summed E-state index contributed by atoms with van der Waals surface area (Å²) in [4.78, 5) is 20.2. The van der Waals surface area contributed by atoms with Gasteiger partial charge in [-0.25, -0.2) is 0 Å². The average molecular weight is 442 g/mol. The Hall–Kier alpha value is -3.18. The molecule has 1 saturated heterocycles. The minimum absolute atomic E-state index is 0.0764. The van der Waals surface area contributed by atoms with Crippen molar-refractivity contribution in [1.82, 2.24) is 9.88 Å². The Morgan fingerprint density at radius 1 is 1.06 bits per heavy atom. The first-order chi connectivity index (χ1) is 15.7. The highest BCUT2D eigenvalue weighted by atomic mass is 32.1. The topological polar surface area (TPSA) is 45.2 Å². The van der Waals surface area contributed by atoms with Crippen molar-refractivity contribution in [2.24, 2.45) is 0 Å². The maximum absolute atomic E-state index is 13.6. The van der Waals surface area contributed by atoms with E-state index in [1.54, 1.807) is 17.5 Å². The number of anilines is 1. The summed E-state index contributed by atoms with van der Waals surface area (Å²) in [6, 6.07) is 20.9. The number of fused-ring (bicyclic) bond motifs is 1. The predicted molar refractivity (Wildman–Crippen MR) is 132 cm³/mol. The molecule has 1 aliphatic heterocycles. The Labute approximate surface area is 192 Å². The fourth-order valence-corrected chi connectivity index (χ4v) is 5.56. The first kappa shape index (κ1) is 20.7. The summed E-state index contributed by atoms with van der Waals surface area (Å²) in [5.74, 6) is 0.601. The first-order valence-corrected chi connectivity index (χ1v) is 12.1. The zero-order chi connectivity index (χ0) is 21.9. The lowest BCUT2D eigenvalue weighted by Crippen LogP contribution is -2.38. The van der Waals surface area contributed by atoms with Gasteiger partial charge in [0.1, 0.15) is 0 Å². The maximum atomic E-state index is 13.6. The largest absolute Gasteiger partial charge is 0.379 e. The SMILES string of the molecule is Cc1csc2c(NCc3ccccc3)c(C(=O)N3CCC(c4ccccc4)CC3)cnc12. The second-order valence-corrected chi connectivity index (χ2v) is 9.34. The van der Waals surface area contributed by atoms with Crippen LogP contribution in [0.25, 0.3) is 10.2 Å². The lowest BCUT2D eigenvalue weighted by Gasteiger charge is -2.32. The van der Waals surface area contributed by atoms with Crippen LogP contribution in [-0.2, 0) is 6.54 Å². The van der Waals surface area contributed by atoms with E-state index in [2.05, 4.69) is 65.1 Å². The number of nitrogens with one attached hydrogen (secondary N) is 1. The van der Waals surface area contributed by atoms with Crippen LogP contribution in [-0.4, -0.2) is 28.9 Å². The number of rotatable bonds is 5. The number of carbonyl (C=O) groups excluding carboxylic acids is 1. The van der Waals surface area contributed by atoms with Crippen LogP contribution in [0.3, 0.4) is 0 Å². The summed E-state index contributed by atoms with van der Waals surface area (Å²) >= 11 is 1.66. The van der Waals surface area contributed by atoms with Crippen molar-refractivity contribution in [3.05, 3.63) is 94.5 Å². The van der Waals surface area contributed by atoms with E-state index in [4.69, 9.17) is 0 Å². The van der Waals surface area contributed by atoms with Gasteiger partial charge in [-0.05, 0) is 47.8 Å². The van der Waals surface area contributed by atoms with Crippen molar-refractivity contribution < 1.29 is 4.79 Å². The minimum atomic E-state index is 0.0764. The van der Waals surface area contributed by atoms with E-state index >= 15 is 0 Å². The monoisotopic (exact) mass is 441 g/mol. The van der Waals surface area contributed by atoms with E-state index in [1.165, 1.54) is 11.1 Å². The first-order valence-electron chi connectivity index (χ1n) is 11.2. The van der Waals surface area contributed by atoms with Gasteiger partial charge in [0.15, 0.2) is 0 Å². The van der Waals surface area contributed by atoms with E-state index in [0.29, 0.717) is 18.0 Å². The summed E-state index contributed by atoms with van der Waals surface area (Å²) in [5.41, 5.74) is 6.27. The number of carbonyl (C=O) groups is 1. The zero-order valence-electron chi connectivity index (χ0n) is 18.3. The highest BCUT2D eigenvalue weighted by Crippen LogP contribution is 2.35. The molecule has 1 fully saturated rings. The van der Waals surface area contributed by atoms with Gasteiger partial charge >= 0.3 is 0 Å². The number of amides is 1. The van der Waals surface area contributed by atoms with Crippen molar-refractivity contribution >= 4 is 33.1 Å². The van der Waals surface area contributed by atoms with Crippen LogP contribution in [0.5, 0.6) is 0 Å². The smallest absolute Gasteiger partial charge is 0.257 e. The third kappa shape index (κ3) is 4.13. The number of piperidine rings is 1. The van der Waals surface area contributed by atoms with Gasteiger partial charge in [0.2, 0.25) is 0 Å². The maximum Gasteiger partial charge on any atom is 0.257 e. The summed E-state index contributed by atoms with van der Waals surface area (Å²) in [6.07, 6.45) is 3.76. The normalized spacial score (nSPS) is 14.6. The number of benzene rings is 2. The van der Waals surface area contributed by atoms with Gasteiger partial charge in [0.25, 0.3) is 5.91 Å². The van der Waals surface area contributed by atoms with Gasteiger partial charge in [-0.3, -0.25) is 9.78 Å². The fraction of sp³-hybridized carbons (Fsp3) is 0.259. The second kappa shape index (κ2) is 9.13. The van der Waals surface area contributed by atoms with Crippen LogP contribution in [0.1, 0.15) is 45.8 Å². The molecule has 2 aromatic heterocycles. The molecule has 32 heavy (non-hydrogen) atoms. The highest BCUT2D eigenvalue weighted by Gasteiger charge is 2.27. The molecular formula is C27H27N3OS. The molecular weight excluding hydrogens is 414 g/mol. The summed E-state index contributed by atoms with van der Waals surface area (Å²) in [7, 11) is 0. The molecule has 4 nitrogen and oxygen atoms in total. The molecule has 0 bridgehead atoms. The number of hydrogen-bond donors (Lipinski definition) is 1. The molecule has 0 radical (unpaired) electrons. The number of nitrogens with zero attached hydrogens (tertiary/aromatic N) is 2. The Bertz CT molecular complexity index is 1210. The molecule has 0 unspecified atom stereocenters. The molecule has 4 aromatic rings. The van der Waals surface area contributed by atoms with E-state index in [9.17, 15) is 4.79 Å². The van der Waals surface area contributed by atoms with E-state index in [1.807, 2.05) is 23.1 Å². The summed E-state index contributed by atoms with van der Waals surface area (Å²) in [5, 5.41) is 5.68. The Kier molecular flexibility index (Phi) is 5.91. The van der Waals surface area contributed by atoms with E-state index in [-0.39, 0.29) is 5.91 Å². The van der Waals surface area contributed by atoms with Gasteiger partial charge < -0.3 is 10.2 Å².